The Morgan fingerprint density at radius 2 is 1.90 bits per heavy atom. The predicted molar refractivity (Wildman–Crippen MR) is 32.3 cm³/mol. The van der Waals surface area contributed by atoms with E-state index in [9.17, 15) is 4.79 Å². The lowest BCUT2D eigenvalue weighted by Gasteiger charge is -2.11. The minimum Gasteiger partial charge on any atom is -0.464 e. The highest BCUT2D eigenvalue weighted by Gasteiger charge is 2.04. The van der Waals surface area contributed by atoms with Crippen molar-refractivity contribution in [2.24, 2.45) is 0 Å². The van der Waals surface area contributed by atoms with E-state index in [1.165, 1.54) is 0 Å². The molecule has 0 saturated carbocycles. The van der Waals surface area contributed by atoms with Gasteiger partial charge in [-0.1, -0.05) is 0 Å². The van der Waals surface area contributed by atoms with Crippen molar-refractivity contribution in [1.29, 1.82) is 0 Å². The quantitative estimate of drug-likeness (QED) is 0.302. The van der Waals surface area contributed by atoms with E-state index >= 15 is 0 Å². The Balaban J connectivity index is 3.34. The van der Waals surface area contributed by atoms with Crippen LogP contribution < -0.4 is 10.9 Å². The van der Waals surface area contributed by atoms with E-state index in [4.69, 9.17) is 15.3 Å². The van der Waals surface area contributed by atoms with E-state index in [2.05, 4.69) is 5.43 Å². The first kappa shape index (κ1) is 9.15. The van der Waals surface area contributed by atoms with Crippen molar-refractivity contribution in [2.45, 2.75) is 6.04 Å². The number of aliphatic hydroxyl groups is 2. The lowest BCUT2D eigenvalue weighted by molar-refractivity contribution is 0.149. The summed E-state index contributed by atoms with van der Waals surface area (Å²) in [7, 11) is 0. The molecule has 60 valence electrons. The average molecular weight is 150 g/mol. The predicted octanol–water partition coefficient (Wildman–Crippen LogP) is -1.89. The van der Waals surface area contributed by atoms with Crippen molar-refractivity contribution in [3.05, 3.63) is 0 Å². The average Bonchev–Trinajstić information content (AvgIpc) is 1.90. The van der Waals surface area contributed by atoms with Gasteiger partial charge in [0, 0.05) is 0 Å². The first-order chi connectivity index (χ1) is 4.70. The van der Waals surface area contributed by atoms with Gasteiger partial charge in [0.1, 0.15) is 0 Å². The third kappa shape index (κ3) is 4.07. The summed E-state index contributed by atoms with van der Waals surface area (Å²) in [5.74, 6) is 0. The summed E-state index contributed by atoms with van der Waals surface area (Å²) >= 11 is 0. The molecule has 0 rings (SSSR count). The molecule has 5 N–H and O–H groups in total. The Labute approximate surface area is 57.4 Å². The third-order valence-corrected chi connectivity index (χ3v) is 0.824. The fourth-order valence-corrected chi connectivity index (χ4v) is 0.313. The number of nitrogens with one attached hydrogen (secondary N) is 2. The fourth-order valence-electron chi connectivity index (χ4n) is 0.313. The Kier molecular flexibility index (Phi) is 4.55. The Bertz CT molecular complexity index is 103. The molecule has 0 aromatic rings. The number of amides is 1. The van der Waals surface area contributed by atoms with Gasteiger partial charge in [-0.15, -0.1) is 0 Å². The number of hydrogen-bond donors (Lipinski definition) is 5. The summed E-state index contributed by atoms with van der Waals surface area (Å²) in [5.41, 5.74) is 3.96. The Morgan fingerprint density at radius 3 is 2.20 bits per heavy atom. The fraction of sp³-hybridized carbons (Fsp3) is 0.750. The highest BCUT2D eigenvalue weighted by Crippen LogP contribution is 1.74. The standard InChI is InChI=1S/C4H10N2O4/c7-1-3(2-8)5-6-4(9)10/h3,5-8H,1-2H2,(H,9,10). The van der Waals surface area contributed by atoms with Crippen LogP contribution in [0.15, 0.2) is 0 Å². The number of carboxylic acid groups (broad SMARTS) is 1. The smallest absolute Gasteiger partial charge is 0.419 e. The minimum absolute atomic E-state index is 0.323. The van der Waals surface area contributed by atoms with E-state index in [1.807, 2.05) is 0 Å². The van der Waals surface area contributed by atoms with Gasteiger partial charge in [-0.3, -0.25) is 5.43 Å². The molecule has 0 atom stereocenters. The molecule has 0 heterocycles. The molecule has 10 heavy (non-hydrogen) atoms. The van der Waals surface area contributed by atoms with E-state index in [0.29, 0.717) is 0 Å². The van der Waals surface area contributed by atoms with Crippen molar-refractivity contribution in [2.75, 3.05) is 13.2 Å². The van der Waals surface area contributed by atoms with Crippen LogP contribution in [0.4, 0.5) is 4.79 Å². The molecule has 0 spiro atoms. The van der Waals surface area contributed by atoms with Crippen LogP contribution >= 0.6 is 0 Å². The normalized spacial score (nSPS) is 9.90. The van der Waals surface area contributed by atoms with Gasteiger partial charge in [0.25, 0.3) is 0 Å². The van der Waals surface area contributed by atoms with Gasteiger partial charge in [-0.2, -0.15) is 0 Å². The van der Waals surface area contributed by atoms with Gasteiger partial charge < -0.3 is 15.3 Å². The highest BCUT2D eigenvalue weighted by molar-refractivity contribution is 5.63. The molecule has 6 nitrogen and oxygen atoms in total. The van der Waals surface area contributed by atoms with Crippen LogP contribution in [0, 0.1) is 0 Å². The number of rotatable bonds is 4. The molecule has 0 bridgehead atoms. The molecular formula is C4H10N2O4. The maximum atomic E-state index is 9.80. The van der Waals surface area contributed by atoms with Gasteiger partial charge in [0.2, 0.25) is 0 Å². The zero-order chi connectivity index (χ0) is 7.98. The first-order valence-corrected chi connectivity index (χ1v) is 2.67. The zero-order valence-electron chi connectivity index (χ0n) is 5.24. The van der Waals surface area contributed by atoms with Crippen LogP contribution in [0.25, 0.3) is 0 Å². The zero-order valence-corrected chi connectivity index (χ0v) is 5.24. The molecule has 0 radical (unpaired) electrons. The van der Waals surface area contributed by atoms with Gasteiger partial charge in [0.05, 0.1) is 19.3 Å². The van der Waals surface area contributed by atoms with Crippen molar-refractivity contribution in [3.8, 4) is 0 Å². The Hall–Kier alpha value is -0.850. The number of hydrazine groups is 1. The molecular weight excluding hydrogens is 140 g/mol. The second-order valence-corrected chi connectivity index (χ2v) is 1.64. The maximum absolute atomic E-state index is 9.80. The van der Waals surface area contributed by atoms with E-state index in [1.54, 1.807) is 5.43 Å². The highest BCUT2D eigenvalue weighted by atomic mass is 16.4. The van der Waals surface area contributed by atoms with E-state index < -0.39 is 12.1 Å². The summed E-state index contributed by atoms with van der Waals surface area (Å²) in [4.78, 5) is 9.80. The monoisotopic (exact) mass is 150 g/mol. The van der Waals surface area contributed by atoms with E-state index in [0.717, 1.165) is 0 Å². The molecule has 6 heteroatoms. The van der Waals surface area contributed by atoms with Crippen LogP contribution in [0.5, 0.6) is 0 Å². The number of carbonyl (C=O) groups is 1. The Morgan fingerprint density at radius 1 is 1.40 bits per heavy atom. The number of hydrogen-bond acceptors (Lipinski definition) is 4. The molecule has 0 aromatic heterocycles. The van der Waals surface area contributed by atoms with Gasteiger partial charge in [-0.25, -0.2) is 10.2 Å². The van der Waals surface area contributed by atoms with Gasteiger partial charge >= 0.3 is 6.09 Å². The summed E-state index contributed by atoms with van der Waals surface area (Å²) in [6.45, 7) is -0.645. The van der Waals surface area contributed by atoms with Crippen molar-refractivity contribution < 1.29 is 20.1 Å². The maximum Gasteiger partial charge on any atom is 0.419 e. The van der Waals surface area contributed by atoms with E-state index in [-0.39, 0.29) is 13.2 Å². The molecule has 0 saturated heterocycles. The molecule has 0 fully saturated rings. The summed E-state index contributed by atoms with van der Waals surface area (Å²) in [6, 6.07) is -0.643. The summed E-state index contributed by atoms with van der Waals surface area (Å²) in [6.07, 6.45) is -1.26. The molecule has 0 aliphatic carbocycles. The minimum atomic E-state index is -1.26. The molecule has 0 aliphatic heterocycles. The number of aliphatic hydroxyl groups excluding tert-OH is 2. The van der Waals surface area contributed by atoms with Gasteiger partial charge in [0.15, 0.2) is 0 Å². The summed E-state index contributed by atoms with van der Waals surface area (Å²) in [5, 5.41) is 24.8. The van der Waals surface area contributed by atoms with Crippen molar-refractivity contribution in [3.63, 3.8) is 0 Å². The van der Waals surface area contributed by atoms with Crippen LogP contribution in [-0.4, -0.2) is 40.7 Å². The van der Waals surface area contributed by atoms with Crippen LogP contribution in [0.3, 0.4) is 0 Å². The lowest BCUT2D eigenvalue weighted by Crippen LogP contribution is -2.47. The molecule has 0 aliphatic rings. The molecule has 0 unspecified atom stereocenters. The van der Waals surface area contributed by atoms with Crippen molar-refractivity contribution >= 4 is 6.09 Å². The second kappa shape index (κ2) is 4.98. The van der Waals surface area contributed by atoms with Crippen molar-refractivity contribution in [1.82, 2.24) is 10.9 Å². The van der Waals surface area contributed by atoms with Crippen LogP contribution in [0.1, 0.15) is 0 Å². The second-order valence-electron chi connectivity index (χ2n) is 1.64. The third-order valence-electron chi connectivity index (χ3n) is 0.824. The summed E-state index contributed by atoms with van der Waals surface area (Å²) < 4.78 is 0. The van der Waals surface area contributed by atoms with Crippen LogP contribution in [0.2, 0.25) is 0 Å². The topological polar surface area (TPSA) is 102 Å². The van der Waals surface area contributed by atoms with Gasteiger partial charge in [-0.05, 0) is 0 Å². The largest absolute Gasteiger partial charge is 0.464 e. The van der Waals surface area contributed by atoms with Crippen LogP contribution in [-0.2, 0) is 0 Å². The molecule has 0 aromatic carbocycles. The SMILES string of the molecule is O=C(O)NNC(CO)CO. The first-order valence-electron chi connectivity index (χ1n) is 2.67. The lowest BCUT2D eigenvalue weighted by atomic mass is 10.4. The molecule has 1 amide bonds.